The molecule has 0 spiro atoms. The highest BCUT2D eigenvalue weighted by atomic mass is 16.2. The van der Waals surface area contributed by atoms with Gasteiger partial charge in [-0.25, -0.2) is 4.98 Å². The van der Waals surface area contributed by atoms with Crippen molar-refractivity contribution < 1.29 is 9.59 Å². The average Bonchev–Trinajstić information content (AvgIpc) is 2.50. The largest absolute Gasteiger partial charge is 0.396 e. The molecule has 0 saturated carbocycles. The Morgan fingerprint density at radius 2 is 2.24 bits per heavy atom. The number of nitrogens with zero attached hydrogens (tertiary/aromatic N) is 2. The van der Waals surface area contributed by atoms with Crippen LogP contribution >= 0.6 is 0 Å². The van der Waals surface area contributed by atoms with Crippen molar-refractivity contribution in [2.45, 2.75) is 19.4 Å². The summed E-state index contributed by atoms with van der Waals surface area (Å²) in [5.74, 6) is -0.00740. The quantitative estimate of drug-likeness (QED) is 0.711. The van der Waals surface area contributed by atoms with E-state index in [1.807, 2.05) is 6.92 Å². The van der Waals surface area contributed by atoms with Crippen molar-refractivity contribution >= 4 is 23.3 Å². The van der Waals surface area contributed by atoms with E-state index >= 15 is 0 Å². The minimum Gasteiger partial charge on any atom is -0.396 e. The maximum atomic E-state index is 11.7. The SMILES string of the molecule is Cc1cnc(NC2CC(=O)N(C)C2=O)c(N)c1. The van der Waals surface area contributed by atoms with E-state index in [-0.39, 0.29) is 18.2 Å². The number of amides is 2. The van der Waals surface area contributed by atoms with E-state index in [0.717, 1.165) is 10.5 Å². The number of nitrogens with one attached hydrogen (secondary N) is 1. The number of nitrogen functional groups attached to an aromatic ring is 1. The molecule has 2 rings (SSSR count). The third kappa shape index (κ3) is 2.06. The van der Waals surface area contributed by atoms with Gasteiger partial charge in [0, 0.05) is 13.2 Å². The van der Waals surface area contributed by atoms with Crippen LogP contribution in [-0.2, 0) is 9.59 Å². The minimum absolute atomic E-state index is 0.143. The molecule has 90 valence electrons. The summed E-state index contributed by atoms with van der Waals surface area (Å²) < 4.78 is 0. The summed E-state index contributed by atoms with van der Waals surface area (Å²) in [4.78, 5) is 28.2. The zero-order valence-electron chi connectivity index (χ0n) is 9.73. The van der Waals surface area contributed by atoms with Gasteiger partial charge >= 0.3 is 0 Å². The van der Waals surface area contributed by atoms with Crippen LogP contribution in [0.5, 0.6) is 0 Å². The smallest absolute Gasteiger partial charge is 0.251 e. The predicted octanol–water partition coefficient (Wildman–Crippen LogP) is 0.141. The molecule has 0 bridgehead atoms. The number of carbonyl (C=O) groups is 2. The molecule has 1 aliphatic heterocycles. The Hall–Kier alpha value is -2.11. The van der Waals surface area contributed by atoms with Crippen LogP contribution < -0.4 is 11.1 Å². The summed E-state index contributed by atoms with van der Waals surface area (Å²) in [6.07, 6.45) is 1.80. The van der Waals surface area contributed by atoms with Crippen LogP contribution in [-0.4, -0.2) is 34.8 Å². The second-order valence-corrected chi connectivity index (χ2v) is 4.14. The Labute approximate surface area is 98.8 Å². The fourth-order valence-corrected chi connectivity index (χ4v) is 1.75. The summed E-state index contributed by atoms with van der Waals surface area (Å²) in [7, 11) is 1.47. The zero-order chi connectivity index (χ0) is 12.6. The monoisotopic (exact) mass is 234 g/mol. The summed E-state index contributed by atoms with van der Waals surface area (Å²) in [5, 5.41) is 2.90. The lowest BCUT2D eigenvalue weighted by atomic mass is 10.2. The zero-order valence-corrected chi connectivity index (χ0v) is 9.73. The number of hydrogen-bond acceptors (Lipinski definition) is 5. The van der Waals surface area contributed by atoms with Crippen molar-refractivity contribution in [1.82, 2.24) is 9.88 Å². The Morgan fingerprint density at radius 1 is 1.53 bits per heavy atom. The van der Waals surface area contributed by atoms with Gasteiger partial charge in [0.1, 0.15) is 11.9 Å². The van der Waals surface area contributed by atoms with Crippen LogP contribution in [0.2, 0.25) is 0 Å². The molecule has 2 heterocycles. The first-order valence-electron chi connectivity index (χ1n) is 5.28. The predicted molar refractivity (Wildman–Crippen MR) is 63.2 cm³/mol. The van der Waals surface area contributed by atoms with Gasteiger partial charge in [-0.05, 0) is 18.6 Å². The third-order valence-electron chi connectivity index (χ3n) is 2.75. The van der Waals surface area contributed by atoms with E-state index in [1.54, 1.807) is 12.3 Å². The highest BCUT2D eigenvalue weighted by molar-refractivity contribution is 6.06. The number of likely N-dealkylation sites (N-methyl/N-ethyl adjacent to an activating group) is 1. The van der Waals surface area contributed by atoms with E-state index in [9.17, 15) is 9.59 Å². The number of hydrogen-bond donors (Lipinski definition) is 2. The van der Waals surface area contributed by atoms with E-state index in [0.29, 0.717) is 11.5 Å². The summed E-state index contributed by atoms with van der Waals surface area (Å²) in [5.41, 5.74) is 7.19. The highest BCUT2D eigenvalue weighted by Gasteiger charge is 2.36. The molecule has 0 aromatic carbocycles. The number of pyridine rings is 1. The molecular formula is C11H14N4O2. The van der Waals surface area contributed by atoms with Crippen LogP contribution in [0.3, 0.4) is 0 Å². The van der Waals surface area contributed by atoms with Crippen molar-refractivity contribution in [3.8, 4) is 0 Å². The lowest BCUT2D eigenvalue weighted by molar-refractivity contribution is -0.136. The second kappa shape index (κ2) is 4.04. The van der Waals surface area contributed by atoms with Gasteiger partial charge in [-0.2, -0.15) is 0 Å². The lowest BCUT2D eigenvalue weighted by Gasteiger charge is -2.13. The van der Waals surface area contributed by atoms with Crippen LogP contribution in [0, 0.1) is 6.92 Å². The molecule has 1 aliphatic rings. The normalized spacial score (nSPS) is 19.9. The molecule has 0 radical (unpaired) electrons. The molecule has 1 saturated heterocycles. The van der Waals surface area contributed by atoms with E-state index < -0.39 is 6.04 Å². The van der Waals surface area contributed by atoms with Gasteiger partial charge < -0.3 is 11.1 Å². The molecule has 17 heavy (non-hydrogen) atoms. The number of anilines is 2. The number of nitrogens with two attached hydrogens (primary N) is 1. The van der Waals surface area contributed by atoms with E-state index in [4.69, 9.17) is 5.73 Å². The molecule has 1 aromatic heterocycles. The number of aromatic nitrogens is 1. The molecule has 1 fully saturated rings. The first-order chi connectivity index (χ1) is 7.99. The molecule has 6 heteroatoms. The Morgan fingerprint density at radius 3 is 2.76 bits per heavy atom. The van der Waals surface area contributed by atoms with E-state index in [2.05, 4.69) is 10.3 Å². The molecule has 1 unspecified atom stereocenters. The molecule has 1 atom stereocenters. The van der Waals surface area contributed by atoms with E-state index in [1.165, 1.54) is 7.05 Å². The number of imide groups is 1. The van der Waals surface area contributed by atoms with Crippen molar-refractivity contribution in [1.29, 1.82) is 0 Å². The Balaban J connectivity index is 2.17. The lowest BCUT2D eigenvalue weighted by Crippen LogP contribution is -2.32. The second-order valence-electron chi connectivity index (χ2n) is 4.14. The van der Waals surface area contributed by atoms with Gasteiger partial charge in [0.05, 0.1) is 12.1 Å². The maximum absolute atomic E-state index is 11.7. The molecule has 1 aromatic rings. The first kappa shape index (κ1) is 11.4. The fraction of sp³-hybridized carbons (Fsp3) is 0.364. The van der Waals surface area contributed by atoms with Gasteiger partial charge in [0.2, 0.25) is 5.91 Å². The van der Waals surface area contributed by atoms with Gasteiger partial charge in [0.15, 0.2) is 0 Å². The summed E-state index contributed by atoms with van der Waals surface area (Å²) in [6, 6.07) is 1.20. The Bertz CT molecular complexity index is 486. The summed E-state index contributed by atoms with van der Waals surface area (Å²) >= 11 is 0. The maximum Gasteiger partial charge on any atom is 0.251 e. The van der Waals surface area contributed by atoms with Gasteiger partial charge in [-0.15, -0.1) is 0 Å². The average molecular weight is 234 g/mol. The van der Waals surface area contributed by atoms with Crippen molar-refractivity contribution in [3.05, 3.63) is 17.8 Å². The van der Waals surface area contributed by atoms with Crippen molar-refractivity contribution in [2.75, 3.05) is 18.1 Å². The van der Waals surface area contributed by atoms with Crippen molar-refractivity contribution in [3.63, 3.8) is 0 Å². The molecule has 0 aliphatic carbocycles. The number of aryl methyl sites for hydroxylation is 1. The molecule has 2 amide bonds. The number of rotatable bonds is 2. The highest BCUT2D eigenvalue weighted by Crippen LogP contribution is 2.20. The summed E-state index contributed by atoms with van der Waals surface area (Å²) in [6.45, 7) is 1.88. The third-order valence-corrected chi connectivity index (χ3v) is 2.75. The first-order valence-corrected chi connectivity index (χ1v) is 5.28. The van der Waals surface area contributed by atoms with Crippen LogP contribution in [0.25, 0.3) is 0 Å². The van der Waals surface area contributed by atoms with Crippen LogP contribution in [0.4, 0.5) is 11.5 Å². The van der Waals surface area contributed by atoms with Crippen LogP contribution in [0.1, 0.15) is 12.0 Å². The standard InChI is InChI=1S/C11H14N4O2/c1-6-3-7(12)10(13-5-6)14-8-4-9(16)15(2)11(8)17/h3,5,8H,4,12H2,1-2H3,(H,13,14). The number of carbonyl (C=O) groups excluding carboxylic acids is 2. The van der Waals surface area contributed by atoms with Crippen molar-refractivity contribution in [2.24, 2.45) is 0 Å². The minimum atomic E-state index is -0.565. The van der Waals surface area contributed by atoms with Crippen LogP contribution in [0.15, 0.2) is 12.3 Å². The van der Waals surface area contributed by atoms with Gasteiger partial charge in [-0.1, -0.05) is 0 Å². The molecular weight excluding hydrogens is 220 g/mol. The molecule has 6 nitrogen and oxygen atoms in total. The Kier molecular flexibility index (Phi) is 2.71. The fourth-order valence-electron chi connectivity index (χ4n) is 1.75. The topological polar surface area (TPSA) is 88.3 Å². The number of likely N-dealkylation sites (tertiary alicyclic amines) is 1. The van der Waals surface area contributed by atoms with Gasteiger partial charge in [-0.3, -0.25) is 14.5 Å². The molecule has 3 N–H and O–H groups in total. The van der Waals surface area contributed by atoms with Gasteiger partial charge in [0.25, 0.3) is 5.91 Å².